The molecule has 0 spiro atoms. The van der Waals surface area contributed by atoms with E-state index in [2.05, 4.69) is 42.2 Å². The van der Waals surface area contributed by atoms with Crippen LogP contribution in [0.15, 0.2) is 48.7 Å². The van der Waals surface area contributed by atoms with Crippen LogP contribution in [-0.2, 0) is 6.42 Å². The van der Waals surface area contributed by atoms with E-state index in [1.165, 1.54) is 11.1 Å². The summed E-state index contributed by atoms with van der Waals surface area (Å²) < 4.78 is 5.51. The highest BCUT2D eigenvalue weighted by molar-refractivity contribution is 5.96. The second kappa shape index (κ2) is 7.64. The van der Waals surface area contributed by atoms with Crippen molar-refractivity contribution in [3.8, 4) is 16.9 Å². The van der Waals surface area contributed by atoms with Crippen LogP contribution in [0, 0.1) is 12.8 Å². The summed E-state index contributed by atoms with van der Waals surface area (Å²) in [4.78, 5) is 4.47. The molecule has 3 aromatic rings. The number of pyridine rings is 1. The lowest BCUT2D eigenvalue weighted by Crippen LogP contribution is -2.20. The number of nitrogens with two attached hydrogens (primary N) is 1. The van der Waals surface area contributed by atoms with E-state index in [4.69, 9.17) is 10.5 Å². The molecule has 0 amide bonds. The summed E-state index contributed by atoms with van der Waals surface area (Å²) in [7, 11) is 1.67. The molecule has 1 heterocycles. The molecule has 0 saturated heterocycles. The lowest BCUT2D eigenvalue weighted by Gasteiger charge is -2.17. The standard InChI is InChI=1S/C21H24N2O2/c1-14-5-7-19-18(4-3-9-23-19)21(14)16-6-8-20(25-2)17(11-16)10-15(12-22)13-24/h3-9,11,15,24H,10,12-13,22H2,1-2H3. The van der Waals surface area contributed by atoms with E-state index in [1.807, 2.05) is 18.3 Å². The number of benzene rings is 2. The molecule has 0 aliphatic heterocycles. The SMILES string of the molecule is COc1ccc(-c2c(C)ccc3ncccc23)cc1CC(CN)CO. The van der Waals surface area contributed by atoms with E-state index in [0.717, 1.165) is 27.8 Å². The zero-order valence-corrected chi connectivity index (χ0v) is 14.7. The third-order valence-electron chi connectivity index (χ3n) is 4.66. The van der Waals surface area contributed by atoms with Crippen LogP contribution in [0.25, 0.3) is 22.0 Å². The van der Waals surface area contributed by atoms with E-state index >= 15 is 0 Å². The van der Waals surface area contributed by atoms with Gasteiger partial charge in [-0.15, -0.1) is 0 Å². The van der Waals surface area contributed by atoms with Crippen molar-refractivity contribution < 1.29 is 9.84 Å². The average molecular weight is 336 g/mol. The number of aliphatic hydroxyl groups is 1. The Kier molecular flexibility index (Phi) is 5.31. The lowest BCUT2D eigenvalue weighted by atomic mass is 9.92. The van der Waals surface area contributed by atoms with Crippen molar-refractivity contribution >= 4 is 10.9 Å². The fourth-order valence-corrected chi connectivity index (χ4v) is 3.27. The third-order valence-corrected chi connectivity index (χ3v) is 4.66. The van der Waals surface area contributed by atoms with Gasteiger partial charge < -0.3 is 15.6 Å². The summed E-state index contributed by atoms with van der Waals surface area (Å²) in [5.41, 5.74) is 11.3. The Balaban J connectivity index is 2.14. The molecule has 3 rings (SSSR count). The van der Waals surface area contributed by atoms with E-state index in [0.29, 0.717) is 13.0 Å². The van der Waals surface area contributed by atoms with Gasteiger partial charge in [-0.25, -0.2) is 0 Å². The first-order valence-corrected chi connectivity index (χ1v) is 8.50. The van der Waals surface area contributed by atoms with Crippen LogP contribution in [0.3, 0.4) is 0 Å². The Morgan fingerprint density at radius 1 is 1.20 bits per heavy atom. The average Bonchev–Trinajstić information content (AvgIpc) is 2.66. The number of fused-ring (bicyclic) bond motifs is 1. The minimum absolute atomic E-state index is 0.0273. The topological polar surface area (TPSA) is 68.4 Å². The molecule has 1 aromatic heterocycles. The predicted octanol–water partition coefficient (Wildman–Crippen LogP) is 3.33. The molecule has 130 valence electrons. The Labute approximate surface area is 148 Å². The maximum absolute atomic E-state index is 9.49. The fourth-order valence-electron chi connectivity index (χ4n) is 3.27. The number of hydrogen-bond acceptors (Lipinski definition) is 4. The number of rotatable bonds is 6. The van der Waals surface area contributed by atoms with Gasteiger partial charge in [0, 0.05) is 18.2 Å². The summed E-state index contributed by atoms with van der Waals surface area (Å²) in [6, 6.07) is 14.4. The first-order chi connectivity index (χ1) is 12.2. The molecule has 1 unspecified atom stereocenters. The van der Waals surface area contributed by atoms with Gasteiger partial charge in [-0.1, -0.05) is 18.2 Å². The molecule has 2 aromatic carbocycles. The van der Waals surface area contributed by atoms with Crippen LogP contribution in [0.2, 0.25) is 0 Å². The molecule has 3 N–H and O–H groups in total. The smallest absolute Gasteiger partial charge is 0.122 e. The number of aryl methyl sites for hydroxylation is 1. The Hall–Kier alpha value is -2.43. The predicted molar refractivity (Wildman–Crippen MR) is 102 cm³/mol. The fraction of sp³-hybridized carbons (Fsp3) is 0.286. The normalized spacial score (nSPS) is 12.3. The molecule has 4 nitrogen and oxygen atoms in total. The van der Waals surface area contributed by atoms with Gasteiger partial charge in [-0.2, -0.15) is 0 Å². The first-order valence-electron chi connectivity index (χ1n) is 8.50. The van der Waals surface area contributed by atoms with Gasteiger partial charge in [0.15, 0.2) is 0 Å². The van der Waals surface area contributed by atoms with Gasteiger partial charge in [-0.05, 0) is 72.3 Å². The van der Waals surface area contributed by atoms with Gasteiger partial charge in [-0.3, -0.25) is 4.98 Å². The maximum Gasteiger partial charge on any atom is 0.122 e. The third kappa shape index (κ3) is 3.50. The Morgan fingerprint density at radius 2 is 2.04 bits per heavy atom. The molecule has 4 heteroatoms. The lowest BCUT2D eigenvalue weighted by molar-refractivity contribution is 0.229. The number of hydrogen-bond donors (Lipinski definition) is 2. The van der Waals surface area contributed by atoms with Crippen molar-refractivity contribution in [1.82, 2.24) is 4.98 Å². The van der Waals surface area contributed by atoms with Crippen molar-refractivity contribution in [2.45, 2.75) is 13.3 Å². The summed E-state index contributed by atoms with van der Waals surface area (Å²) in [5, 5.41) is 10.6. The number of aromatic nitrogens is 1. The molecule has 0 saturated carbocycles. The number of ether oxygens (including phenoxy) is 1. The zero-order valence-electron chi connectivity index (χ0n) is 14.7. The van der Waals surface area contributed by atoms with Crippen molar-refractivity contribution in [3.05, 3.63) is 59.8 Å². The second-order valence-electron chi connectivity index (χ2n) is 6.34. The highest BCUT2D eigenvalue weighted by Gasteiger charge is 2.14. The summed E-state index contributed by atoms with van der Waals surface area (Å²) in [6.07, 6.45) is 2.50. The molecule has 0 bridgehead atoms. The van der Waals surface area contributed by atoms with Gasteiger partial charge in [0.1, 0.15) is 5.75 Å². The molecule has 25 heavy (non-hydrogen) atoms. The van der Waals surface area contributed by atoms with Gasteiger partial charge in [0.05, 0.1) is 12.6 Å². The molecule has 0 aliphatic rings. The minimum Gasteiger partial charge on any atom is -0.496 e. The zero-order chi connectivity index (χ0) is 17.8. The summed E-state index contributed by atoms with van der Waals surface area (Å²) in [5.74, 6) is 0.853. The monoisotopic (exact) mass is 336 g/mol. The highest BCUT2D eigenvalue weighted by Crippen LogP contribution is 2.34. The van der Waals surface area contributed by atoms with Crippen LogP contribution < -0.4 is 10.5 Å². The van der Waals surface area contributed by atoms with Crippen LogP contribution in [0.5, 0.6) is 5.75 Å². The Bertz CT molecular complexity index is 873. The largest absolute Gasteiger partial charge is 0.496 e. The van der Waals surface area contributed by atoms with Crippen LogP contribution in [0.4, 0.5) is 0 Å². The quantitative estimate of drug-likeness (QED) is 0.724. The van der Waals surface area contributed by atoms with Crippen LogP contribution in [0.1, 0.15) is 11.1 Å². The molecule has 0 aliphatic carbocycles. The van der Waals surface area contributed by atoms with E-state index in [-0.39, 0.29) is 12.5 Å². The van der Waals surface area contributed by atoms with Crippen molar-refractivity contribution in [2.24, 2.45) is 11.7 Å². The van der Waals surface area contributed by atoms with Gasteiger partial charge in [0.25, 0.3) is 0 Å². The van der Waals surface area contributed by atoms with E-state index < -0.39 is 0 Å². The Morgan fingerprint density at radius 3 is 2.76 bits per heavy atom. The second-order valence-corrected chi connectivity index (χ2v) is 6.34. The van der Waals surface area contributed by atoms with E-state index in [9.17, 15) is 5.11 Å². The van der Waals surface area contributed by atoms with Gasteiger partial charge in [0.2, 0.25) is 0 Å². The van der Waals surface area contributed by atoms with Crippen molar-refractivity contribution in [3.63, 3.8) is 0 Å². The van der Waals surface area contributed by atoms with Crippen molar-refractivity contribution in [1.29, 1.82) is 0 Å². The van der Waals surface area contributed by atoms with Crippen LogP contribution in [-0.4, -0.2) is 30.4 Å². The van der Waals surface area contributed by atoms with Gasteiger partial charge >= 0.3 is 0 Å². The van der Waals surface area contributed by atoms with Crippen molar-refractivity contribution in [2.75, 3.05) is 20.3 Å². The maximum atomic E-state index is 9.49. The minimum atomic E-state index is 0.0273. The summed E-state index contributed by atoms with van der Waals surface area (Å²) in [6.45, 7) is 2.63. The first kappa shape index (κ1) is 17.4. The summed E-state index contributed by atoms with van der Waals surface area (Å²) >= 11 is 0. The molecular weight excluding hydrogens is 312 g/mol. The molecule has 0 fully saturated rings. The highest BCUT2D eigenvalue weighted by atomic mass is 16.5. The number of aliphatic hydroxyl groups excluding tert-OH is 1. The molecule has 0 radical (unpaired) electrons. The number of nitrogens with zero attached hydrogens (tertiary/aromatic N) is 1. The molecular formula is C21H24N2O2. The number of methoxy groups -OCH3 is 1. The van der Waals surface area contributed by atoms with E-state index in [1.54, 1.807) is 7.11 Å². The molecule has 1 atom stereocenters. The van der Waals surface area contributed by atoms with Crippen LogP contribution >= 0.6 is 0 Å².